The second kappa shape index (κ2) is 7.63. The SMILES string of the molecule is CCOP(=O)(Cc1ccc(-c2ccccc2F)cn1)OCC. The number of nitrogens with zero attached hydrogens (tertiary/aromatic N) is 1. The topological polar surface area (TPSA) is 48.4 Å². The molecule has 0 radical (unpaired) electrons. The Bertz CT molecular complexity index is 651. The van der Waals surface area contributed by atoms with Gasteiger partial charge in [-0.25, -0.2) is 4.39 Å². The van der Waals surface area contributed by atoms with E-state index < -0.39 is 7.60 Å². The van der Waals surface area contributed by atoms with Gasteiger partial charge in [-0.3, -0.25) is 9.55 Å². The third kappa shape index (κ3) is 4.23. The number of benzene rings is 1. The van der Waals surface area contributed by atoms with E-state index in [-0.39, 0.29) is 12.0 Å². The van der Waals surface area contributed by atoms with Crippen LogP contribution < -0.4 is 0 Å². The first-order valence-electron chi connectivity index (χ1n) is 7.16. The Hall–Kier alpha value is -1.55. The highest BCUT2D eigenvalue weighted by Gasteiger charge is 2.24. The minimum atomic E-state index is -3.17. The Morgan fingerprint density at radius 3 is 2.32 bits per heavy atom. The first-order valence-corrected chi connectivity index (χ1v) is 8.88. The molecule has 0 fully saturated rings. The largest absolute Gasteiger partial charge is 0.336 e. The molecule has 22 heavy (non-hydrogen) atoms. The minimum absolute atomic E-state index is 0.103. The Kier molecular flexibility index (Phi) is 5.83. The van der Waals surface area contributed by atoms with Gasteiger partial charge in [0.1, 0.15) is 5.82 Å². The molecule has 1 heterocycles. The van der Waals surface area contributed by atoms with Crippen LogP contribution in [0.25, 0.3) is 11.1 Å². The van der Waals surface area contributed by atoms with E-state index in [1.807, 2.05) is 0 Å². The average Bonchev–Trinajstić information content (AvgIpc) is 2.49. The summed E-state index contributed by atoms with van der Waals surface area (Å²) < 4.78 is 36.7. The van der Waals surface area contributed by atoms with Gasteiger partial charge < -0.3 is 9.05 Å². The highest BCUT2D eigenvalue weighted by molar-refractivity contribution is 7.53. The van der Waals surface area contributed by atoms with Crippen molar-refractivity contribution in [1.82, 2.24) is 4.98 Å². The molecule has 0 atom stereocenters. The number of pyridine rings is 1. The smallest absolute Gasteiger partial charge is 0.309 e. The van der Waals surface area contributed by atoms with Crippen molar-refractivity contribution in [2.75, 3.05) is 13.2 Å². The predicted octanol–water partition coefficient (Wildman–Crippen LogP) is 4.65. The lowest BCUT2D eigenvalue weighted by Gasteiger charge is -2.16. The van der Waals surface area contributed by atoms with Crippen LogP contribution in [-0.2, 0) is 19.8 Å². The zero-order chi connectivity index (χ0) is 16.0. The van der Waals surface area contributed by atoms with Crippen LogP contribution in [0.5, 0.6) is 0 Å². The van der Waals surface area contributed by atoms with E-state index in [0.717, 1.165) is 0 Å². The number of hydrogen-bond donors (Lipinski definition) is 0. The molecule has 0 spiro atoms. The molecule has 2 rings (SSSR count). The summed E-state index contributed by atoms with van der Waals surface area (Å²) >= 11 is 0. The summed E-state index contributed by atoms with van der Waals surface area (Å²) in [7, 11) is -3.17. The predicted molar refractivity (Wildman–Crippen MR) is 84.2 cm³/mol. The van der Waals surface area contributed by atoms with Gasteiger partial charge in [0, 0.05) is 17.3 Å². The van der Waals surface area contributed by atoms with E-state index in [2.05, 4.69) is 4.98 Å². The Balaban J connectivity index is 2.18. The number of halogens is 1. The molecule has 6 heteroatoms. The fraction of sp³-hybridized carbons (Fsp3) is 0.312. The van der Waals surface area contributed by atoms with Gasteiger partial charge in [0.2, 0.25) is 0 Å². The van der Waals surface area contributed by atoms with Gasteiger partial charge in [0.05, 0.1) is 25.1 Å². The van der Waals surface area contributed by atoms with Crippen LogP contribution in [0, 0.1) is 5.82 Å². The van der Waals surface area contributed by atoms with E-state index in [0.29, 0.717) is 30.0 Å². The number of aromatic nitrogens is 1. The first-order chi connectivity index (χ1) is 10.6. The van der Waals surface area contributed by atoms with Crippen LogP contribution in [0.3, 0.4) is 0 Å². The fourth-order valence-electron chi connectivity index (χ4n) is 2.09. The second-order valence-electron chi connectivity index (χ2n) is 4.62. The van der Waals surface area contributed by atoms with Crippen molar-refractivity contribution in [3.63, 3.8) is 0 Å². The molecule has 0 bridgehead atoms. The maximum Gasteiger partial charge on any atom is 0.336 e. The average molecular weight is 323 g/mol. The van der Waals surface area contributed by atoms with E-state index in [4.69, 9.17) is 9.05 Å². The lowest BCUT2D eigenvalue weighted by Crippen LogP contribution is -2.00. The number of rotatable bonds is 7. The van der Waals surface area contributed by atoms with Crippen LogP contribution in [0.15, 0.2) is 42.6 Å². The van der Waals surface area contributed by atoms with Gasteiger partial charge in [-0.1, -0.05) is 24.3 Å². The molecule has 0 saturated carbocycles. The third-order valence-electron chi connectivity index (χ3n) is 3.02. The summed E-state index contributed by atoms with van der Waals surface area (Å²) in [6.45, 7) is 4.15. The van der Waals surface area contributed by atoms with Gasteiger partial charge in [-0.15, -0.1) is 0 Å². The second-order valence-corrected chi connectivity index (χ2v) is 6.68. The normalized spacial score (nSPS) is 11.6. The maximum absolute atomic E-state index is 13.7. The van der Waals surface area contributed by atoms with Crippen molar-refractivity contribution in [3.05, 3.63) is 54.1 Å². The monoisotopic (exact) mass is 323 g/mol. The van der Waals surface area contributed by atoms with Crippen molar-refractivity contribution in [2.45, 2.75) is 20.0 Å². The van der Waals surface area contributed by atoms with Gasteiger partial charge in [0.15, 0.2) is 0 Å². The van der Waals surface area contributed by atoms with E-state index >= 15 is 0 Å². The summed E-state index contributed by atoms with van der Waals surface area (Å²) in [5.41, 5.74) is 1.74. The lowest BCUT2D eigenvalue weighted by atomic mass is 10.1. The van der Waals surface area contributed by atoms with E-state index in [1.54, 1.807) is 50.4 Å². The van der Waals surface area contributed by atoms with Gasteiger partial charge >= 0.3 is 7.60 Å². The molecule has 0 aliphatic rings. The molecule has 0 unspecified atom stereocenters. The molecule has 0 saturated heterocycles. The van der Waals surface area contributed by atoms with Crippen LogP contribution in [0.1, 0.15) is 19.5 Å². The molecular weight excluding hydrogens is 304 g/mol. The molecule has 0 aliphatic heterocycles. The standard InChI is InChI=1S/C16H19FNO3P/c1-3-20-22(19,21-4-2)12-14-10-9-13(11-18-14)15-7-5-6-8-16(15)17/h5-11H,3-4,12H2,1-2H3. The molecule has 0 N–H and O–H groups in total. The van der Waals surface area contributed by atoms with Crippen molar-refractivity contribution >= 4 is 7.60 Å². The molecular formula is C16H19FNO3P. The minimum Gasteiger partial charge on any atom is -0.309 e. The molecule has 118 valence electrons. The maximum atomic E-state index is 13.7. The zero-order valence-corrected chi connectivity index (χ0v) is 13.6. The summed E-state index contributed by atoms with van der Waals surface area (Å²) in [6.07, 6.45) is 1.67. The van der Waals surface area contributed by atoms with E-state index in [1.165, 1.54) is 6.07 Å². The Morgan fingerprint density at radius 1 is 1.09 bits per heavy atom. The van der Waals surface area contributed by atoms with Gasteiger partial charge in [-0.05, 0) is 26.0 Å². The van der Waals surface area contributed by atoms with E-state index in [9.17, 15) is 8.96 Å². The summed E-state index contributed by atoms with van der Waals surface area (Å²) in [6, 6.07) is 9.97. The van der Waals surface area contributed by atoms with Crippen LogP contribution in [-0.4, -0.2) is 18.2 Å². The Morgan fingerprint density at radius 2 is 1.77 bits per heavy atom. The zero-order valence-electron chi connectivity index (χ0n) is 12.7. The summed E-state index contributed by atoms with van der Waals surface area (Å²) in [4.78, 5) is 4.25. The molecule has 2 aromatic rings. The molecule has 1 aromatic carbocycles. The Labute approximate surface area is 129 Å². The quantitative estimate of drug-likeness (QED) is 0.696. The molecule has 1 aromatic heterocycles. The van der Waals surface area contributed by atoms with Crippen molar-refractivity contribution in [3.8, 4) is 11.1 Å². The summed E-state index contributed by atoms with van der Waals surface area (Å²) in [5.74, 6) is -0.300. The third-order valence-corrected chi connectivity index (χ3v) is 5.03. The molecule has 0 amide bonds. The first kappa shape index (κ1) is 16.8. The van der Waals surface area contributed by atoms with Crippen LogP contribution in [0.4, 0.5) is 4.39 Å². The highest BCUT2D eigenvalue weighted by Crippen LogP contribution is 2.50. The van der Waals surface area contributed by atoms with Crippen molar-refractivity contribution in [2.24, 2.45) is 0 Å². The van der Waals surface area contributed by atoms with Gasteiger partial charge in [0.25, 0.3) is 0 Å². The van der Waals surface area contributed by atoms with Crippen molar-refractivity contribution in [1.29, 1.82) is 0 Å². The number of hydrogen-bond acceptors (Lipinski definition) is 4. The van der Waals surface area contributed by atoms with Crippen LogP contribution in [0.2, 0.25) is 0 Å². The molecule has 0 aliphatic carbocycles. The highest BCUT2D eigenvalue weighted by atomic mass is 31.2. The van der Waals surface area contributed by atoms with Crippen LogP contribution >= 0.6 is 7.60 Å². The summed E-state index contributed by atoms with van der Waals surface area (Å²) in [5, 5.41) is 0. The lowest BCUT2D eigenvalue weighted by molar-refractivity contribution is 0.219. The van der Waals surface area contributed by atoms with Crippen molar-refractivity contribution < 1.29 is 18.0 Å². The van der Waals surface area contributed by atoms with Gasteiger partial charge in [-0.2, -0.15) is 0 Å². The fourth-order valence-corrected chi connectivity index (χ4v) is 3.72. The molecule has 4 nitrogen and oxygen atoms in total.